The summed E-state index contributed by atoms with van der Waals surface area (Å²) in [4.78, 5) is 0. The standard InChI is InChI=1S/C13H16O2S/c14-13(6-7-13)11-3-1-2-4-12(11)15-10-5-8-16-9-10/h1-4,10,14H,5-9H2. The van der Waals surface area contributed by atoms with Crippen LogP contribution >= 0.6 is 11.8 Å². The summed E-state index contributed by atoms with van der Waals surface area (Å²) < 4.78 is 5.99. The van der Waals surface area contributed by atoms with Crippen molar-refractivity contribution in [2.45, 2.75) is 31.0 Å². The SMILES string of the molecule is OC1(c2ccccc2OC2CCSC2)CC1. The first-order chi connectivity index (χ1) is 7.78. The predicted octanol–water partition coefficient (Wildman–Crippen LogP) is 2.55. The zero-order chi connectivity index (χ0) is 11.0. The molecule has 2 aliphatic rings. The predicted molar refractivity (Wildman–Crippen MR) is 65.9 cm³/mol. The smallest absolute Gasteiger partial charge is 0.125 e. The minimum absolute atomic E-state index is 0.327. The Balaban J connectivity index is 1.82. The van der Waals surface area contributed by atoms with Crippen molar-refractivity contribution in [2.75, 3.05) is 11.5 Å². The molecule has 3 rings (SSSR count). The van der Waals surface area contributed by atoms with Gasteiger partial charge in [0.15, 0.2) is 0 Å². The first-order valence-electron chi connectivity index (χ1n) is 5.84. The fraction of sp³-hybridized carbons (Fsp3) is 0.538. The molecule has 0 radical (unpaired) electrons. The Morgan fingerprint density at radius 2 is 2.12 bits per heavy atom. The van der Waals surface area contributed by atoms with Crippen molar-refractivity contribution in [3.05, 3.63) is 29.8 Å². The fourth-order valence-electron chi connectivity index (χ4n) is 2.13. The van der Waals surface area contributed by atoms with Gasteiger partial charge < -0.3 is 9.84 Å². The summed E-state index contributed by atoms with van der Waals surface area (Å²) in [6.07, 6.45) is 3.19. The van der Waals surface area contributed by atoms with Crippen molar-refractivity contribution >= 4 is 11.8 Å². The molecule has 3 heteroatoms. The van der Waals surface area contributed by atoms with E-state index in [-0.39, 0.29) is 0 Å². The first-order valence-corrected chi connectivity index (χ1v) is 7.00. The van der Waals surface area contributed by atoms with Crippen LogP contribution in [-0.4, -0.2) is 22.7 Å². The Hall–Kier alpha value is -0.670. The van der Waals surface area contributed by atoms with Crippen molar-refractivity contribution in [1.29, 1.82) is 0 Å². The van der Waals surface area contributed by atoms with Crippen LogP contribution < -0.4 is 4.74 Å². The van der Waals surface area contributed by atoms with Gasteiger partial charge in [0.25, 0.3) is 0 Å². The number of para-hydroxylation sites is 1. The van der Waals surface area contributed by atoms with Crippen molar-refractivity contribution in [3.8, 4) is 5.75 Å². The first kappa shape index (κ1) is 10.5. The van der Waals surface area contributed by atoms with Gasteiger partial charge >= 0.3 is 0 Å². The Morgan fingerprint density at radius 1 is 1.31 bits per heavy atom. The van der Waals surface area contributed by atoms with Gasteiger partial charge in [-0.25, -0.2) is 0 Å². The summed E-state index contributed by atoms with van der Waals surface area (Å²) in [6, 6.07) is 7.92. The molecule has 2 fully saturated rings. The van der Waals surface area contributed by atoms with E-state index >= 15 is 0 Å². The Bertz CT molecular complexity index is 381. The second-order valence-electron chi connectivity index (χ2n) is 4.63. The van der Waals surface area contributed by atoms with Crippen LogP contribution in [-0.2, 0) is 5.60 Å². The number of thioether (sulfide) groups is 1. The van der Waals surface area contributed by atoms with E-state index in [0.29, 0.717) is 6.10 Å². The maximum absolute atomic E-state index is 10.2. The maximum atomic E-state index is 10.2. The molecule has 2 nitrogen and oxygen atoms in total. The highest BCUT2D eigenvalue weighted by Gasteiger charge is 2.44. The molecule has 0 amide bonds. The molecular formula is C13H16O2S. The summed E-state index contributed by atoms with van der Waals surface area (Å²) in [6.45, 7) is 0. The van der Waals surface area contributed by atoms with Crippen molar-refractivity contribution in [3.63, 3.8) is 0 Å². The summed E-state index contributed by atoms with van der Waals surface area (Å²) in [7, 11) is 0. The van der Waals surface area contributed by atoms with Gasteiger partial charge in [-0.15, -0.1) is 0 Å². The van der Waals surface area contributed by atoms with Gasteiger partial charge in [0.1, 0.15) is 11.9 Å². The van der Waals surface area contributed by atoms with E-state index in [9.17, 15) is 5.11 Å². The largest absolute Gasteiger partial charge is 0.489 e. The molecule has 0 bridgehead atoms. The van der Waals surface area contributed by atoms with E-state index in [1.165, 1.54) is 5.75 Å². The molecule has 1 saturated heterocycles. The van der Waals surface area contributed by atoms with Crippen LogP contribution in [0.15, 0.2) is 24.3 Å². The number of benzene rings is 1. The topological polar surface area (TPSA) is 29.5 Å². The van der Waals surface area contributed by atoms with Crippen molar-refractivity contribution in [2.24, 2.45) is 0 Å². The molecule has 1 aromatic carbocycles. The summed E-state index contributed by atoms with van der Waals surface area (Å²) in [5.41, 5.74) is 0.384. The Morgan fingerprint density at radius 3 is 2.81 bits per heavy atom. The molecule has 1 unspecified atom stereocenters. The molecule has 1 aliphatic heterocycles. The van der Waals surface area contributed by atoms with E-state index in [1.54, 1.807) is 0 Å². The number of hydrogen-bond acceptors (Lipinski definition) is 3. The highest BCUT2D eigenvalue weighted by molar-refractivity contribution is 7.99. The average molecular weight is 236 g/mol. The zero-order valence-electron chi connectivity index (χ0n) is 9.19. The van der Waals surface area contributed by atoms with Gasteiger partial charge in [0.05, 0.1) is 5.60 Å². The number of rotatable bonds is 3. The minimum Gasteiger partial charge on any atom is -0.489 e. The second kappa shape index (κ2) is 3.97. The van der Waals surface area contributed by atoms with E-state index in [4.69, 9.17) is 4.74 Å². The third-order valence-electron chi connectivity index (χ3n) is 3.29. The van der Waals surface area contributed by atoms with Crippen LogP contribution in [0.3, 0.4) is 0 Å². The van der Waals surface area contributed by atoms with Crippen LogP contribution in [0.5, 0.6) is 5.75 Å². The molecule has 1 atom stereocenters. The molecule has 1 N–H and O–H groups in total. The van der Waals surface area contributed by atoms with E-state index < -0.39 is 5.60 Å². The normalized spacial score (nSPS) is 26.7. The zero-order valence-corrected chi connectivity index (χ0v) is 10.0. The van der Waals surface area contributed by atoms with E-state index in [0.717, 1.165) is 36.3 Å². The van der Waals surface area contributed by atoms with Gasteiger partial charge in [-0.1, -0.05) is 18.2 Å². The van der Waals surface area contributed by atoms with Crippen molar-refractivity contribution in [1.82, 2.24) is 0 Å². The van der Waals surface area contributed by atoms with Gasteiger partial charge in [0, 0.05) is 11.3 Å². The maximum Gasteiger partial charge on any atom is 0.125 e. The summed E-state index contributed by atoms with van der Waals surface area (Å²) >= 11 is 1.94. The molecule has 1 aromatic rings. The molecule has 0 aromatic heterocycles. The highest BCUT2D eigenvalue weighted by Crippen LogP contribution is 2.48. The molecule has 1 heterocycles. The second-order valence-corrected chi connectivity index (χ2v) is 5.78. The van der Waals surface area contributed by atoms with Crippen LogP contribution in [0.1, 0.15) is 24.8 Å². The van der Waals surface area contributed by atoms with Gasteiger partial charge in [-0.05, 0) is 31.1 Å². The van der Waals surface area contributed by atoms with Crippen molar-refractivity contribution < 1.29 is 9.84 Å². The number of aliphatic hydroxyl groups is 1. The summed E-state index contributed by atoms with van der Waals surface area (Å²) in [5, 5.41) is 10.2. The highest BCUT2D eigenvalue weighted by atomic mass is 32.2. The molecule has 1 saturated carbocycles. The molecule has 0 spiro atoms. The Labute approximate surface area is 100 Å². The molecular weight excluding hydrogens is 220 g/mol. The summed E-state index contributed by atoms with van der Waals surface area (Å²) in [5.74, 6) is 3.15. The lowest BCUT2D eigenvalue weighted by Gasteiger charge is -2.18. The molecule has 86 valence electrons. The molecule has 1 aliphatic carbocycles. The van der Waals surface area contributed by atoms with Crippen LogP contribution in [0.4, 0.5) is 0 Å². The van der Waals surface area contributed by atoms with Gasteiger partial charge in [-0.3, -0.25) is 0 Å². The van der Waals surface area contributed by atoms with Gasteiger partial charge in [-0.2, -0.15) is 11.8 Å². The number of hydrogen-bond donors (Lipinski definition) is 1. The average Bonchev–Trinajstić information content (AvgIpc) is 2.84. The van der Waals surface area contributed by atoms with Crippen LogP contribution in [0.2, 0.25) is 0 Å². The third kappa shape index (κ3) is 1.94. The fourth-order valence-corrected chi connectivity index (χ4v) is 3.22. The lowest BCUT2D eigenvalue weighted by Crippen LogP contribution is -2.17. The quantitative estimate of drug-likeness (QED) is 0.874. The lowest BCUT2D eigenvalue weighted by atomic mass is 10.1. The Kier molecular flexibility index (Phi) is 2.60. The molecule has 16 heavy (non-hydrogen) atoms. The third-order valence-corrected chi connectivity index (χ3v) is 4.43. The van der Waals surface area contributed by atoms with Crippen LogP contribution in [0.25, 0.3) is 0 Å². The van der Waals surface area contributed by atoms with E-state index in [2.05, 4.69) is 0 Å². The number of ether oxygens (including phenoxy) is 1. The minimum atomic E-state index is -0.595. The van der Waals surface area contributed by atoms with Gasteiger partial charge in [0.2, 0.25) is 0 Å². The van der Waals surface area contributed by atoms with E-state index in [1.807, 2.05) is 36.0 Å². The lowest BCUT2D eigenvalue weighted by molar-refractivity contribution is 0.140. The monoisotopic (exact) mass is 236 g/mol. The van der Waals surface area contributed by atoms with Crippen LogP contribution in [0, 0.1) is 0 Å².